The van der Waals surface area contributed by atoms with Crippen LogP contribution in [0.1, 0.15) is 52.4 Å². The Morgan fingerprint density at radius 3 is 1.47 bits per heavy atom. The molecule has 0 bridgehead atoms. The highest BCUT2D eigenvalue weighted by molar-refractivity contribution is 5.86. The Balaban J connectivity index is 2.41. The molecule has 0 aromatic heterocycles. The van der Waals surface area contributed by atoms with Gasteiger partial charge in [0.05, 0.1) is 0 Å². The minimum atomic E-state index is -1.13. The van der Waals surface area contributed by atoms with Gasteiger partial charge in [-0.25, -0.2) is 19.2 Å². The van der Waals surface area contributed by atoms with Gasteiger partial charge in [0, 0.05) is 37.1 Å². The monoisotopic (exact) mass is 454 g/mol. The van der Waals surface area contributed by atoms with Crippen molar-refractivity contribution in [3.63, 3.8) is 0 Å². The van der Waals surface area contributed by atoms with E-state index in [1.54, 1.807) is 13.8 Å². The summed E-state index contributed by atoms with van der Waals surface area (Å²) in [7, 11) is 0. The van der Waals surface area contributed by atoms with Crippen LogP contribution in [-0.4, -0.2) is 59.6 Å². The van der Waals surface area contributed by atoms with Crippen molar-refractivity contribution >= 4 is 24.1 Å². The normalized spacial score (nSPS) is 19.7. The van der Waals surface area contributed by atoms with E-state index in [1.165, 1.54) is 0 Å². The van der Waals surface area contributed by atoms with Gasteiger partial charge in [0.2, 0.25) is 0 Å². The van der Waals surface area contributed by atoms with Crippen LogP contribution in [0, 0.1) is 11.8 Å². The Morgan fingerprint density at radius 2 is 1.16 bits per heavy atom. The maximum Gasteiger partial charge on any atom is 0.407 e. The molecule has 1 aliphatic rings. The summed E-state index contributed by atoms with van der Waals surface area (Å²) in [6.45, 7) is 10.8. The van der Waals surface area contributed by atoms with E-state index >= 15 is 0 Å². The average Bonchev–Trinajstić information content (AvgIpc) is 2.70. The van der Waals surface area contributed by atoms with Gasteiger partial charge in [-0.15, -0.1) is 0 Å². The Morgan fingerprint density at radius 1 is 0.812 bits per heavy atom. The number of carboxylic acid groups (broad SMARTS) is 2. The van der Waals surface area contributed by atoms with E-state index in [9.17, 15) is 19.2 Å². The van der Waals surface area contributed by atoms with Crippen LogP contribution in [-0.2, 0) is 19.1 Å². The summed E-state index contributed by atoms with van der Waals surface area (Å²) in [5, 5.41) is 23.1. The van der Waals surface area contributed by atoms with Gasteiger partial charge in [-0.1, -0.05) is 26.0 Å². The predicted molar refractivity (Wildman–Crippen MR) is 116 cm³/mol. The standard InChI is InChI=1S/C22H34N2O8/c1-13(19(25)26)9-15(3)31-21(29)23-11-17-7-5-6-8-18(17)12-24-22(30)32-16(4)10-14(2)20(27)28/h15-18H,1-2,5-12H2,3-4H3,(H,23,29)(H,24,30)(H,25,26)(H,27,28). The SMILES string of the molecule is C=C(CC(C)OC(=O)NCC1CCCCC1CNC(=O)OC(C)CC(=C)C(=O)O)C(=O)O. The number of rotatable bonds is 12. The molecule has 32 heavy (non-hydrogen) atoms. The fourth-order valence-electron chi connectivity index (χ4n) is 3.65. The van der Waals surface area contributed by atoms with Crippen LogP contribution in [0.2, 0.25) is 0 Å². The molecule has 0 aliphatic heterocycles. The number of hydrogen-bond donors (Lipinski definition) is 4. The van der Waals surface area contributed by atoms with Crippen molar-refractivity contribution in [2.75, 3.05) is 13.1 Å². The lowest BCUT2D eigenvalue weighted by Crippen LogP contribution is -2.40. The summed E-state index contributed by atoms with van der Waals surface area (Å²) in [5.74, 6) is -1.97. The molecule has 10 heteroatoms. The smallest absolute Gasteiger partial charge is 0.407 e. The van der Waals surface area contributed by atoms with Gasteiger partial charge in [-0.2, -0.15) is 0 Å². The molecule has 0 aromatic carbocycles. The number of aliphatic carboxylic acids is 2. The summed E-state index contributed by atoms with van der Waals surface area (Å²) in [6.07, 6.45) is 1.42. The van der Waals surface area contributed by atoms with Crippen molar-refractivity contribution in [1.29, 1.82) is 0 Å². The van der Waals surface area contributed by atoms with E-state index in [4.69, 9.17) is 19.7 Å². The van der Waals surface area contributed by atoms with Gasteiger partial charge in [0.15, 0.2) is 0 Å². The number of nitrogens with one attached hydrogen (secondary N) is 2. The molecule has 0 saturated heterocycles. The number of carbonyl (C=O) groups excluding carboxylic acids is 2. The molecule has 1 rings (SSSR count). The van der Waals surface area contributed by atoms with Crippen molar-refractivity contribution in [1.82, 2.24) is 10.6 Å². The van der Waals surface area contributed by atoms with Crippen LogP contribution in [0.3, 0.4) is 0 Å². The summed E-state index contributed by atoms with van der Waals surface area (Å²) in [6, 6.07) is 0. The first-order valence-electron chi connectivity index (χ1n) is 10.7. The average molecular weight is 455 g/mol. The summed E-state index contributed by atoms with van der Waals surface area (Å²) >= 11 is 0. The minimum absolute atomic E-state index is 0.0304. The van der Waals surface area contributed by atoms with Crippen molar-refractivity contribution in [2.45, 2.75) is 64.6 Å². The second-order valence-electron chi connectivity index (χ2n) is 8.22. The molecule has 0 heterocycles. The topological polar surface area (TPSA) is 151 Å². The number of ether oxygens (including phenoxy) is 2. The molecule has 1 aliphatic carbocycles. The molecule has 4 unspecified atom stereocenters. The van der Waals surface area contributed by atoms with Crippen molar-refractivity contribution < 1.29 is 38.9 Å². The van der Waals surface area contributed by atoms with E-state index in [0.717, 1.165) is 25.7 Å². The fraction of sp³-hybridized carbons (Fsp3) is 0.636. The lowest BCUT2D eigenvalue weighted by molar-refractivity contribution is -0.134. The highest BCUT2D eigenvalue weighted by atomic mass is 16.6. The van der Waals surface area contributed by atoms with Gasteiger partial charge in [0.1, 0.15) is 12.2 Å². The van der Waals surface area contributed by atoms with E-state index < -0.39 is 36.3 Å². The van der Waals surface area contributed by atoms with Crippen LogP contribution >= 0.6 is 0 Å². The van der Waals surface area contributed by atoms with Gasteiger partial charge in [0.25, 0.3) is 0 Å². The molecule has 180 valence electrons. The molecule has 10 nitrogen and oxygen atoms in total. The number of carboxylic acids is 2. The molecule has 2 amide bonds. The molecule has 1 fully saturated rings. The van der Waals surface area contributed by atoms with Gasteiger partial charge < -0.3 is 30.3 Å². The first-order chi connectivity index (χ1) is 15.0. The molecular formula is C22H34N2O8. The third-order valence-corrected chi connectivity index (χ3v) is 5.37. The van der Waals surface area contributed by atoms with E-state index in [1.807, 2.05) is 0 Å². The van der Waals surface area contributed by atoms with Crippen molar-refractivity contribution in [3.05, 3.63) is 24.3 Å². The van der Waals surface area contributed by atoms with Crippen molar-refractivity contribution in [2.24, 2.45) is 11.8 Å². The quantitative estimate of drug-likeness (QED) is 0.328. The highest BCUT2D eigenvalue weighted by Crippen LogP contribution is 2.29. The minimum Gasteiger partial charge on any atom is -0.478 e. The Labute approximate surface area is 188 Å². The summed E-state index contributed by atoms with van der Waals surface area (Å²) in [4.78, 5) is 45.7. The van der Waals surface area contributed by atoms with Crippen LogP contribution in [0.15, 0.2) is 24.3 Å². The lowest BCUT2D eigenvalue weighted by atomic mass is 9.79. The Bertz CT molecular complexity index is 661. The summed E-state index contributed by atoms with van der Waals surface area (Å²) in [5.41, 5.74) is -0.0607. The molecule has 4 N–H and O–H groups in total. The molecule has 0 radical (unpaired) electrons. The zero-order chi connectivity index (χ0) is 24.3. The molecule has 0 spiro atoms. The second-order valence-corrected chi connectivity index (χ2v) is 8.22. The number of amides is 2. The predicted octanol–water partition coefficient (Wildman–Crippen LogP) is 3.08. The van der Waals surface area contributed by atoms with Gasteiger partial charge in [-0.3, -0.25) is 0 Å². The third-order valence-electron chi connectivity index (χ3n) is 5.37. The largest absolute Gasteiger partial charge is 0.478 e. The van der Waals surface area contributed by atoms with Crippen molar-refractivity contribution in [3.8, 4) is 0 Å². The fourth-order valence-corrected chi connectivity index (χ4v) is 3.65. The van der Waals surface area contributed by atoms with Gasteiger partial charge >= 0.3 is 24.1 Å². The lowest BCUT2D eigenvalue weighted by Gasteiger charge is -2.31. The summed E-state index contributed by atoms with van der Waals surface area (Å²) < 4.78 is 10.4. The number of alkyl carbamates (subject to hydrolysis) is 2. The number of hydrogen-bond acceptors (Lipinski definition) is 6. The maximum atomic E-state index is 12.0. The van der Waals surface area contributed by atoms with Crippen LogP contribution < -0.4 is 10.6 Å². The maximum absolute atomic E-state index is 12.0. The van der Waals surface area contributed by atoms with E-state index in [0.29, 0.717) is 13.1 Å². The van der Waals surface area contributed by atoms with E-state index in [2.05, 4.69) is 23.8 Å². The Kier molecular flexibility index (Phi) is 11.3. The molecule has 4 atom stereocenters. The van der Waals surface area contributed by atoms with Crippen LogP contribution in [0.5, 0.6) is 0 Å². The molecular weight excluding hydrogens is 420 g/mol. The zero-order valence-corrected chi connectivity index (χ0v) is 18.7. The van der Waals surface area contributed by atoms with Crippen LogP contribution in [0.25, 0.3) is 0 Å². The highest BCUT2D eigenvalue weighted by Gasteiger charge is 2.27. The zero-order valence-electron chi connectivity index (χ0n) is 18.7. The van der Waals surface area contributed by atoms with E-state index in [-0.39, 0.29) is 35.8 Å². The first kappa shape index (κ1) is 27.0. The first-order valence-corrected chi connectivity index (χ1v) is 10.7. The van der Waals surface area contributed by atoms with Crippen LogP contribution in [0.4, 0.5) is 9.59 Å². The molecule has 0 aromatic rings. The third kappa shape index (κ3) is 10.3. The number of carbonyl (C=O) groups is 4. The second kappa shape index (κ2) is 13.4. The van der Waals surface area contributed by atoms with Gasteiger partial charge in [-0.05, 0) is 38.5 Å². The molecule has 1 saturated carbocycles. The Hall–Kier alpha value is -3.04.